The Morgan fingerprint density at radius 1 is 1.22 bits per heavy atom. The number of aliphatic hydroxyl groups excluding tert-OH is 1. The van der Waals surface area contributed by atoms with Crippen molar-refractivity contribution in [2.45, 2.75) is 32.4 Å². The van der Waals surface area contributed by atoms with E-state index in [1.165, 1.54) is 24.0 Å². The molecule has 3 heteroatoms. The van der Waals surface area contributed by atoms with Crippen molar-refractivity contribution in [2.24, 2.45) is 0 Å². The molecule has 1 fully saturated rings. The van der Waals surface area contributed by atoms with E-state index in [9.17, 15) is 5.11 Å². The minimum Gasteiger partial charge on any atom is -0.390 e. The smallest absolute Gasteiger partial charge is 0.0791 e. The van der Waals surface area contributed by atoms with Crippen LogP contribution in [-0.4, -0.2) is 42.3 Å². The number of aliphatic hydroxyl groups is 1. The van der Waals surface area contributed by atoms with Crippen molar-refractivity contribution in [3.8, 4) is 0 Å². The van der Waals surface area contributed by atoms with Crippen LogP contribution in [0.4, 0.5) is 0 Å². The van der Waals surface area contributed by atoms with Gasteiger partial charge >= 0.3 is 0 Å². The monoisotopic (exact) mass is 248 g/mol. The van der Waals surface area contributed by atoms with Gasteiger partial charge in [0.25, 0.3) is 0 Å². The van der Waals surface area contributed by atoms with Gasteiger partial charge in [0, 0.05) is 19.6 Å². The molecule has 18 heavy (non-hydrogen) atoms. The molecule has 0 bridgehead atoms. The Morgan fingerprint density at radius 2 is 1.89 bits per heavy atom. The Kier molecular flexibility index (Phi) is 5.17. The number of rotatable bonds is 6. The van der Waals surface area contributed by atoms with Crippen LogP contribution in [0.15, 0.2) is 24.3 Å². The number of aryl methyl sites for hydroxylation is 1. The minimum atomic E-state index is -0.256. The van der Waals surface area contributed by atoms with E-state index in [4.69, 9.17) is 0 Å². The zero-order valence-corrected chi connectivity index (χ0v) is 11.2. The van der Waals surface area contributed by atoms with Crippen molar-refractivity contribution in [1.29, 1.82) is 0 Å². The van der Waals surface area contributed by atoms with Gasteiger partial charge in [0.2, 0.25) is 0 Å². The van der Waals surface area contributed by atoms with E-state index in [0.29, 0.717) is 6.54 Å². The van der Waals surface area contributed by atoms with Crippen LogP contribution in [0.1, 0.15) is 24.0 Å². The molecule has 0 aromatic heterocycles. The zero-order chi connectivity index (χ0) is 12.8. The molecule has 0 saturated carbocycles. The Hall–Kier alpha value is -0.900. The first kappa shape index (κ1) is 13.5. The summed E-state index contributed by atoms with van der Waals surface area (Å²) in [6.45, 7) is 6.70. The molecule has 2 rings (SSSR count). The second-order valence-corrected chi connectivity index (χ2v) is 5.28. The maximum Gasteiger partial charge on any atom is 0.0791 e. The van der Waals surface area contributed by atoms with E-state index in [1.807, 2.05) is 0 Å². The highest BCUT2D eigenvalue weighted by molar-refractivity contribution is 5.21. The first-order chi connectivity index (χ1) is 8.74. The van der Waals surface area contributed by atoms with E-state index < -0.39 is 0 Å². The Labute approximate surface area is 110 Å². The number of nitrogens with zero attached hydrogens (tertiary/aromatic N) is 1. The van der Waals surface area contributed by atoms with Gasteiger partial charge in [-0.2, -0.15) is 0 Å². The van der Waals surface area contributed by atoms with E-state index in [1.54, 1.807) is 0 Å². The average Bonchev–Trinajstić information content (AvgIpc) is 2.84. The molecule has 1 aliphatic rings. The lowest BCUT2D eigenvalue weighted by molar-refractivity contribution is 0.123. The van der Waals surface area contributed by atoms with Crippen LogP contribution in [0.2, 0.25) is 0 Å². The standard InChI is InChI=1S/C15H24N2O/c1-13-4-6-14(7-5-13)10-16-11-15(18)12-17-8-2-3-9-17/h4-7,15-16,18H,2-3,8-12H2,1H3. The lowest BCUT2D eigenvalue weighted by atomic mass is 10.1. The van der Waals surface area contributed by atoms with Gasteiger partial charge < -0.3 is 15.3 Å². The highest BCUT2D eigenvalue weighted by Crippen LogP contribution is 2.07. The maximum absolute atomic E-state index is 9.93. The lowest BCUT2D eigenvalue weighted by Gasteiger charge is -2.19. The first-order valence-corrected chi connectivity index (χ1v) is 6.91. The molecule has 0 spiro atoms. The van der Waals surface area contributed by atoms with E-state index in [0.717, 1.165) is 26.2 Å². The Bertz CT molecular complexity index is 344. The highest BCUT2D eigenvalue weighted by Gasteiger charge is 2.15. The van der Waals surface area contributed by atoms with Gasteiger partial charge in [-0.25, -0.2) is 0 Å². The van der Waals surface area contributed by atoms with Crippen molar-refractivity contribution in [3.05, 3.63) is 35.4 Å². The molecule has 1 unspecified atom stereocenters. The summed E-state index contributed by atoms with van der Waals surface area (Å²) in [5, 5.41) is 13.2. The van der Waals surface area contributed by atoms with Gasteiger partial charge in [-0.15, -0.1) is 0 Å². The summed E-state index contributed by atoms with van der Waals surface area (Å²) < 4.78 is 0. The number of likely N-dealkylation sites (tertiary alicyclic amines) is 1. The minimum absolute atomic E-state index is 0.256. The predicted molar refractivity (Wildman–Crippen MR) is 74.6 cm³/mol. The molecule has 0 radical (unpaired) electrons. The van der Waals surface area contributed by atoms with E-state index >= 15 is 0 Å². The summed E-state index contributed by atoms with van der Waals surface area (Å²) in [6, 6.07) is 8.51. The van der Waals surface area contributed by atoms with Crippen LogP contribution in [-0.2, 0) is 6.54 Å². The van der Waals surface area contributed by atoms with E-state index in [-0.39, 0.29) is 6.10 Å². The van der Waals surface area contributed by atoms with Gasteiger partial charge in [0.05, 0.1) is 6.10 Å². The molecular formula is C15H24N2O. The molecular weight excluding hydrogens is 224 g/mol. The van der Waals surface area contributed by atoms with Crippen molar-refractivity contribution >= 4 is 0 Å². The molecule has 1 heterocycles. The zero-order valence-electron chi connectivity index (χ0n) is 11.2. The van der Waals surface area contributed by atoms with Gasteiger partial charge in [-0.3, -0.25) is 0 Å². The van der Waals surface area contributed by atoms with Crippen LogP contribution in [0.3, 0.4) is 0 Å². The third-order valence-electron chi connectivity index (χ3n) is 3.50. The summed E-state index contributed by atoms with van der Waals surface area (Å²) in [4.78, 5) is 2.35. The topological polar surface area (TPSA) is 35.5 Å². The molecule has 1 aromatic rings. The Morgan fingerprint density at radius 3 is 2.56 bits per heavy atom. The number of nitrogens with one attached hydrogen (secondary N) is 1. The van der Waals surface area contributed by atoms with Gasteiger partial charge in [0.15, 0.2) is 0 Å². The molecule has 1 aromatic carbocycles. The third-order valence-corrected chi connectivity index (χ3v) is 3.50. The second-order valence-electron chi connectivity index (χ2n) is 5.28. The van der Waals surface area contributed by atoms with Crippen molar-refractivity contribution < 1.29 is 5.11 Å². The quantitative estimate of drug-likeness (QED) is 0.801. The third kappa shape index (κ3) is 4.41. The van der Waals surface area contributed by atoms with Crippen LogP contribution >= 0.6 is 0 Å². The second kappa shape index (κ2) is 6.88. The van der Waals surface area contributed by atoms with Gasteiger partial charge in [-0.05, 0) is 38.4 Å². The molecule has 100 valence electrons. The predicted octanol–water partition coefficient (Wildman–Crippen LogP) is 1.54. The number of β-amino-alcohol motifs (C(OH)–C–C–N with tert-alkyl or cyclic N) is 1. The largest absolute Gasteiger partial charge is 0.390 e. The summed E-state index contributed by atoms with van der Waals surface area (Å²) >= 11 is 0. The van der Waals surface area contributed by atoms with Gasteiger partial charge in [0.1, 0.15) is 0 Å². The van der Waals surface area contributed by atoms with Crippen LogP contribution < -0.4 is 5.32 Å². The Balaban J connectivity index is 1.63. The maximum atomic E-state index is 9.93. The lowest BCUT2D eigenvalue weighted by Crippen LogP contribution is -2.36. The van der Waals surface area contributed by atoms with Crippen LogP contribution in [0.5, 0.6) is 0 Å². The average molecular weight is 248 g/mol. The molecule has 1 aliphatic heterocycles. The summed E-state index contributed by atoms with van der Waals surface area (Å²) in [5.41, 5.74) is 2.56. The van der Waals surface area contributed by atoms with Gasteiger partial charge in [-0.1, -0.05) is 29.8 Å². The van der Waals surface area contributed by atoms with Crippen molar-refractivity contribution in [3.63, 3.8) is 0 Å². The number of hydrogen-bond acceptors (Lipinski definition) is 3. The number of hydrogen-bond donors (Lipinski definition) is 2. The normalized spacial score (nSPS) is 18.1. The van der Waals surface area contributed by atoms with E-state index in [2.05, 4.69) is 41.4 Å². The highest BCUT2D eigenvalue weighted by atomic mass is 16.3. The summed E-state index contributed by atoms with van der Waals surface area (Å²) in [5.74, 6) is 0. The fourth-order valence-electron chi connectivity index (χ4n) is 2.42. The van der Waals surface area contributed by atoms with Crippen LogP contribution in [0.25, 0.3) is 0 Å². The summed E-state index contributed by atoms with van der Waals surface area (Å²) in [6.07, 6.45) is 2.31. The van der Waals surface area contributed by atoms with Crippen molar-refractivity contribution in [2.75, 3.05) is 26.2 Å². The molecule has 2 N–H and O–H groups in total. The fraction of sp³-hybridized carbons (Fsp3) is 0.600. The van der Waals surface area contributed by atoms with Crippen LogP contribution in [0, 0.1) is 6.92 Å². The molecule has 1 saturated heterocycles. The fourth-order valence-corrected chi connectivity index (χ4v) is 2.42. The SMILES string of the molecule is Cc1ccc(CNCC(O)CN2CCCC2)cc1. The summed E-state index contributed by atoms with van der Waals surface area (Å²) in [7, 11) is 0. The molecule has 0 amide bonds. The molecule has 1 atom stereocenters. The first-order valence-electron chi connectivity index (χ1n) is 6.91. The van der Waals surface area contributed by atoms with Crippen molar-refractivity contribution in [1.82, 2.24) is 10.2 Å². The molecule has 0 aliphatic carbocycles. The molecule has 3 nitrogen and oxygen atoms in total. The number of benzene rings is 1.